The van der Waals surface area contributed by atoms with Gasteiger partial charge in [0.2, 0.25) is 5.91 Å². The molecule has 0 spiro atoms. The Balaban J connectivity index is 1.75. The van der Waals surface area contributed by atoms with E-state index in [4.69, 9.17) is 11.6 Å². The third-order valence-corrected chi connectivity index (χ3v) is 4.45. The molecule has 3 rings (SSSR count). The summed E-state index contributed by atoms with van der Waals surface area (Å²) < 4.78 is 0. The van der Waals surface area contributed by atoms with Crippen LogP contribution in [0.25, 0.3) is 0 Å². The fraction of sp³-hybridized carbons (Fsp3) is 0.222. The first-order valence-corrected chi connectivity index (χ1v) is 8.50. The molecule has 0 atom stereocenters. The average molecular weight is 372 g/mol. The van der Waals surface area contributed by atoms with E-state index in [2.05, 4.69) is 21.9 Å². The number of benzene rings is 1. The van der Waals surface area contributed by atoms with Gasteiger partial charge in [-0.25, -0.2) is 9.97 Å². The van der Waals surface area contributed by atoms with Gasteiger partial charge < -0.3 is 15.1 Å². The van der Waals surface area contributed by atoms with Gasteiger partial charge in [0.05, 0.1) is 16.8 Å². The standard InChI is InChI=1S/C18H18ClN5O2/c1-2-16(25)23-7-9-24(10-8-23)17-15(11-20-12-21-17)22-18(26)13-5-3-4-6-14(13)19/h2-6,11-12H,1,7-10H2,(H,22,26). The van der Waals surface area contributed by atoms with E-state index < -0.39 is 0 Å². The van der Waals surface area contributed by atoms with Crippen LogP contribution in [-0.4, -0.2) is 52.9 Å². The maximum Gasteiger partial charge on any atom is 0.257 e. The van der Waals surface area contributed by atoms with Gasteiger partial charge in [0.15, 0.2) is 5.82 Å². The van der Waals surface area contributed by atoms with Gasteiger partial charge >= 0.3 is 0 Å². The highest BCUT2D eigenvalue weighted by atomic mass is 35.5. The maximum absolute atomic E-state index is 12.5. The normalized spacial score (nSPS) is 14.0. The first-order valence-electron chi connectivity index (χ1n) is 8.12. The second-order valence-electron chi connectivity index (χ2n) is 5.71. The third-order valence-electron chi connectivity index (χ3n) is 4.12. The van der Waals surface area contributed by atoms with Crippen molar-refractivity contribution in [3.8, 4) is 0 Å². The van der Waals surface area contributed by atoms with Crippen molar-refractivity contribution < 1.29 is 9.59 Å². The lowest BCUT2D eigenvalue weighted by molar-refractivity contribution is -0.126. The van der Waals surface area contributed by atoms with Crippen LogP contribution >= 0.6 is 11.6 Å². The predicted octanol–water partition coefficient (Wildman–Crippen LogP) is 2.22. The molecule has 8 heteroatoms. The molecule has 1 fully saturated rings. The lowest BCUT2D eigenvalue weighted by Crippen LogP contribution is -2.48. The number of amides is 2. The number of nitrogens with zero attached hydrogens (tertiary/aromatic N) is 4. The first kappa shape index (κ1) is 17.9. The van der Waals surface area contributed by atoms with Crippen molar-refractivity contribution in [2.24, 2.45) is 0 Å². The molecule has 1 N–H and O–H groups in total. The molecule has 0 radical (unpaired) electrons. The van der Waals surface area contributed by atoms with E-state index in [0.29, 0.717) is 48.3 Å². The van der Waals surface area contributed by atoms with Crippen molar-refractivity contribution >= 4 is 34.9 Å². The van der Waals surface area contributed by atoms with E-state index in [-0.39, 0.29) is 11.8 Å². The Bertz CT molecular complexity index is 834. The summed E-state index contributed by atoms with van der Waals surface area (Å²) in [7, 11) is 0. The van der Waals surface area contributed by atoms with Crippen molar-refractivity contribution in [3.63, 3.8) is 0 Å². The van der Waals surface area contributed by atoms with E-state index in [1.165, 1.54) is 12.4 Å². The average Bonchev–Trinajstić information content (AvgIpc) is 2.68. The number of carbonyl (C=O) groups is 2. The highest BCUT2D eigenvalue weighted by molar-refractivity contribution is 6.34. The van der Waals surface area contributed by atoms with Gasteiger partial charge in [-0.1, -0.05) is 30.3 Å². The third kappa shape index (κ3) is 3.83. The lowest BCUT2D eigenvalue weighted by Gasteiger charge is -2.35. The number of piperazine rings is 1. The molecular formula is C18H18ClN5O2. The maximum atomic E-state index is 12.5. The Kier molecular flexibility index (Phi) is 5.48. The molecule has 0 aliphatic carbocycles. The zero-order chi connectivity index (χ0) is 18.5. The van der Waals surface area contributed by atoms with Crippen LogP contribution in [0.15, 0.2) is 49.4 Å². The predicted molar refractivity (Wildman–Crippen MR) is 100 cm³/mol. The monoisotopic (exact) mass is 371 g/mol. The Morgan fingerprint density at radius 2 is 1.92 bits per heavy atom. The zero-order valence-electron chi connectivity index (χ0n) is 14.1. The summed E-state index contributed by atoms with van der Waals surface area (Å²) in [5.41, 5.74) is 0.881. The van der Waals surface area contributed by atoms with Crippen molar-refractivity contribution in [1.82, 2.24) is 14.9 Å². The second kappa shape index (κ2) is 7.97. The molecule has 7 nitrogen and oxygen atoms in total. The molecular weight excluding hydrogens is 354 g/mol. The molecule has 26 heavy (non-hydrogen) atoms. The van der Waals surface area contributed by atoms with Gasteiger partial charge in [-0.3, -0.25) is 9.59 Å². The molecule has 2 aromatic rings. The van der Waals surface area contributed by atoms with Gasteiger partial charge in [0, 0.05) is 26.2 Å². The molecule has 1 aromatic heterocycles. The Hall–Kier alpha value is -2.93. The Morgan fingerprint density at radius 3 is 2.62 bits per heavy atom. The van der Waals surface area contributed by atoms with E-state index >= 15 is 0 Å². The number of carbonyl (C=O) groups excluding carboxylic acids is 2. The quantitative estimate of drug-likeness (QED) is 0.834. The van der Waals surface area contributed by atoms with Gasteiger partial charge in [-0.15, -0.1) is 0 Å². The van der Waals surface area contributed by atoms with Crippen LogP contribution < -0.4 is 10.2 Å². The van der Waals surface area contributed by atoms with Crippen LogP contribution in [0.4, 0.5) is 11.5 Å². The minimum Gasteiger partial charge on any atom is -0.351 e. The van der Waals surface area contributed by atoms with Crippen LogP contribution in [0.3, 0.4) is 0 Å². The summed E-state index contributed by atoms with van der Waals surface area (Å²) in [6.07, 6.45) is 4.30. The van der Waals surface area contributed by atoms with E-state index in [1.54, 1.807) is 35.4 Å². The van der Waals surface area contributed by atoms with Crippen molar-refractivity contribution in [2.45, 2.75) is 0 Å². The molecule has 0 unspecified atom stereocenters. The molecule has 1 saturated heterocycles. The highest BCUT2D eigenvalue weighted by Crippen LogP contribution is 2.25. The van der Waals surface area contributed by atoms with Gasteiger partial charge in [-0.2, -0.15) is 0 Å². The number of aromatic nitrogens is 2. The minimum atomic E-state index is -0.327. The second-order valence-corrected chi connectivity index (χ2v) is 6.12. The Morgan fingerprint density at radius 1 is 1.19 bits per heavy atom. The molecule has 0 bridgehead atoms. The van der Waals surface area contributed by atoms with Crippen molar-refractivity contribution in [2.75, 3.05) is 36.4 Å². The van der Waals surface area contributed by atoms with Crippen LogP contribution in [0.1, 0.15) is 10.4 Å². The number of hydrogen-bond donors (Lipinski definition) is 1. The van der Waals surface area contributed by atoms with Crippen molar-refractivity contribution in [3.05, 3.63) is 60.0 Å². The topological polar surface area (TPSA) is 78.4 Å². The van der Waals surface area contributed by atoms with E-state index in [9.17, 15) is 9.59 Å². The van der Waals surface area contributed by atoms with E-state index in [1.807, 2.05) is 4.90 Å². The minimum absolute atomic E-state index is 0.0837. The number of rotatable bonds is 4. The molecule has 1 aliphatic rings. The molecule has 2 amide bonds. The summed E-state index contributed by atoms with van der Waals surface area (Å²) in [5, 5.41) is 3.20. The summed E-state index contributed by atoms with van der Waals surface area (Å²) in [4.78, 5) is 36.3. The fourth-order valence-electron chi connectivity index (χ4n) is 2.77. The summed E-state index contributed by atoms with van der Waals surface area (Å²) in [5.74, 6) is 0.206. The van der Waals surface area contributed by atoms with Gasteiger partial charge in [-0.05, 0) is 18.2 Å². The van der Waals surface area contributed by atoms with Crippen LogP contribution in [0.5, 0.6) is 0 Å². The SMILES string of the molecule is C=CC(=O)N1CCN(c2ncncc2NC(=O)c2ccccc2Cl)CC1. The van der Waals surface area contributed by atoms with Crippen molar-refractivity contribution in [1.29, 1.82) is 0 Å². The number of halogens is 1. The zero-order valence-corrected chi connectivity index (χ0v) is 14.8. The van der Waals surface area contributed by atoms with Gasteiger partial charge in [0.25, 0.3) is 5.91 Å². The fourth-order valence-corrected chi connectivity index (χ4v) is 2.99. The molecule has 1 aromatic carbocycles. The summed E-state index contributed by atoms with van der Waals surface area (Å²) in [6.45, 7) is 5.84. The summed E-state index contributed by atoms with van der Waals surface area (Å²) in [6, 6.07) is 6.83. The molecule has 2 heterocycles. The largest absolute Gasteiger partial charge is 0.351 e. The Labute approximate surface area is 156 Å². The number of nitrogens with one attached hydrogen (secondary N) is 1. The van der Waals surface area contributed by atoms with E-state index in [0.717, 1.165) is 0 Å². The van der Waals surface area contributed by atoms with Crippen LogP contribution in [-0.2, 0) is 4.79 Å². The highest BCUT2D eigenvalue weighted by Gasteiger charge is 2.23. The van der Waals surface area contributed by atoms with Crippen LogP contribution in [0.2, 0.25) is 5.02 Å². The van der Waals surface area contributed by atoms with Gasteiger partial charge in [0.1, 0.15) is 12.0 Å². The molecule has 0 saturated carbocycles. The number of anilines is 2. The smallest absolute Gasteiger partial charge is 0.257 e. The van der Waals surface area contributed by atoms with Crippen LogP contribution in [0, 0.1) is 0 Å². The number of hydrogen-bond acceptors (Lipinski definition) is 5. The first-order chi connectivity index (χ1) is 12.6. The molecule has 134 valence electrons. The summed E-state index contributed by atoms with van der Waals surface area (Å²) >= 11 is 6.09. The molecule has 1 aliphatic heterocycles. The lowest BCUT2D eigenvalue weighted by atomic mass is 10.2.